The number of hydrogen-bond donors (Lipinski definition) is 0. The summed E-state index contributed by atoms with van der Waals surface area (Å²) in [6.45, 7) is 0. The van der Waals surface area contributed by atoms with Gasteiger partial charge in [-0.3, -0.25) is 0 Å². The monoisotopic (exact) mass is 248 g/mol. The number of alkyl halides is 1. The lowest BCUT2D eigenvalue weighted by atomic mass is 10.3. The second-order valence-electron chi connectivity index (χ2n) is 1.85. The third-order valence-corrected chi connectivity index (χ3v) is 2.63. The first-order valence-electron chi connectivity index (χ1n) is 3.12. The van der Waals surface area contributed by atoms with Crippen LogP contribution < -0.4 is 0 Å². The van der Waals surface area contributed by atoms with Crippen molar-refractivity contribution in [2.24, 2.45) is 0 Å². The summed E-state index contributed by atoms with van der Waals surface area (Å²) in [6, 6.07) is 1.94. The summed E-state index contributed by atoms with van der Waals surface area (Å²) in [5, 5.41) is 2.86. The Morgan fingerprint density at radius 1 is 1.64 bits per heavy atom. The maximum absolute atomic E-state index is 5.82. The van der Waals surface area contributed by atoms with Gasteiger partial charge in [-0.15, -0.1) is 11.3 Å². The van der Waals surface area contributed by atoms with E-state index in [-0.39, 0.29) is 0 Å². The highest BCUT2D eigenvalue weighted by atomic mass is 79.9. The third-order valence-electron chi connectivity index (χ3n) is 1.06. The molecule has 0 unspecified atom stereocenters. The van der Waals surface area contributed by atoms with Gasteiger partial charge in [-0.25, -0.2) is 0 Å². The molecule has 0 aromatic carbocycles. The molecule has 1 aromatic heterocycles. The second kappa shape index (κ2) is 4.82. The molecule has 0 radical (unpaired) electrons. The van der Waals surface area contributed by atoms with Gasteiger partial charge in [0.05, 0.1) is 5.56 Å². The van der Waals surface area contributed by atoms with Crippen molar-refractivity contribution in [1.82, 2.24) is 0 Å². The molecule has 0 aliphatic carbocycles. The van der Waals surface area contributed by atoms with E-state index in [1.54, 1.807) is 0 Å². The van der Waals surface area contributed by atoms with Crippen LogP contribution in [-0.4, -0.2) is 5.33 Å². The van der Waals surface area contributed by atoms with Crippen LogP contribution in [0.25, 0.3) is 0 Å². The number of hydrogen-bond acceptors (Lipinski definition) is 1. The number of rotatable bonds is 1. The number of halogens is 2. The summed E-state index contributed by atoms with van der Waals surface area (Å²) >= 11 is 10.6. The lowest BCUT2D eigenvalue weighted by Gasteiger charge is -1.81. The van der Waals surface area contributed by atoms with Crippen molar-refractivity contribution in [2.75, 3.05) is 5.33 Å². The molecule has 0 amide bonds. The Morgan fingerprint density at radius 2 is 2.45 bits per heavy atom. The minimum absolute atomic E-state index is 0.784. The van der Waals surface area contributed by atoms with E-state index in [0.717, 1.165) is 21.7 Å². The van der Waals surface area contributed by atoms with Crippen LogP contribution in [0.2, 0.25) is 4.34 Å². The van der Waals surface area contributed by atoms with Crippen LogP contribution in [-0.2, 0) is 0 Å². The summed E-state index contributed by atoms with van der Waals surface area (Å²) < 4.78 is 0.784. The molecule has 3 heteroatoms. The molecule has 0 spiro atoms. The summed E-state index contributed by atoms with van der Waals surface area (Å²) in [6.07, 6.45) is 0.867. The van der Waals surface area contributed by atoms with E-state index in [0.29, 0.717) is 0 Å². The van der Waals surface area contributed by atoms with E-state index in [4.69, 9.17) is 11.6 Å². The van der Waals surface area contributed by atoms with Gasteiger partial charge in [-0.05, 0) is 11.4 Å². The topological polar surface area (TPSA) is 0 Å². The predicted molar refractivity (Wildman–Crippen MR) is 54.6 cm³/mol. The second-order valence-corrected chi connectivity index (χ2v) is 4.16. The van der Waals surface area contributed by atoms with Gasteiger partial charge in [-0.2, -0.15) is 0 Å². The predicted octanol–water partition coefficient (Wildman–Crippen LogP) is 3.54. The van der Waals surface area contributed by atoms with Crippen LogP contribution in [0.15, 0.2) is 11.4 Å². The van der Waals surface area contributed by atoms with Gasteiger partial charge in [-0.1, -0.05) is 39.4 Å². The molecule has 0 atom stereocenters. The fraction of sp³-hybridized carbons (Fsp3) is 0.250. The van der Waals surface area contributed by atoms with E-state index < -0.39 is 0 Å². The summed E-state index contributed by atoms with van der Waals surface area (Å²) in [5.74, 6) is 6.00. The van der Waals surface area contributed by atoms with Crippen molar-refractivity contribution in [3.63, 3.8) is 0 Å². The van der Waals surface area contributed by atoms with Gasteiger partial charge in [0.15, 0.2) is 0 Å². The van der Waals surface area contributed by atoms with Gasteiger partial charge >= 0.3 is 0 Å². The standard InChI is InChI=1S/C8H6BrClS/c9-5-2-1-3-7-4-6-11-8(7)10/h4,6H,2,5H2. The first-order chi connectivity index (χ1) is 5.34. The van der Waals surface area contributed by atoms with E-state index >= 15 is 0 Å². The zero-order chi connectivity index (χ0) is 8.10. The maximum atomic E-state index is 5.82. The van der Waals surface area contributed by atoms with Crippen LogP contribution in [0.1, 0.15) is 12.0 Å². The largest absolute Gasteiger partial charge is 0.131 e. The van der Waals surface area contributed by atoms with Crippen molar-refractivity contribution in [2.45, 2.75) is 6.42 Å². The van der Waals surface area contributed by atoms with Crippen molar-refractivity contribution < 1.29 is 0 Å². The van der Waals surface area contributed by atoms with Crippen molar-refractivity contribution in [1.29, 1.82) is 0 Å². The third kappa shape index (κ3) is 2.86. The molecule has 1 rings (SSSR count). The van der Waals surface area contributed by atoms with Crippen LogP contribution >= 0.6 is 38.9 Å². The van der Waals surface area contributed by atoms with Crippen molar-refractivity contribution in [3.05, 3.63) is 21.3 Å². The van der Waals surface area contributed by atoms with Gasteiger partial charge in [0.25, 0.3) is 0 Å². The van der Waals surface area contributed by atoms with E-state index in [1.165, 1.54) is 11.3 Å². The molecular formula is C8H6BrClS. The molecule has 1 heterocycles. The first-order valence-corrected chi connectivity index (χ1v) is 5.50. The molecule has 0 saturated carbocycles. The summed E-state index contributed by atoms with van der Waals surface area (Å²) in [4.78, 5) is 0. The minimum atomic E-state index is 0.784. The molecule has 0 aliphatic heterocycles. The van der Waals surface area contributed by atoms with Gasteiger partial charge in [0, 0.05) is 11.8 Å². The fourth-order valence-corrected chi connectivity index (χ4v) is 1.62. The summed E-state index contributed by atoms with van der Waals surface area (Å²) in [7, 11) is 0. The van der Waals surface area contributed by atoms with Crippen LogP contribution in [0, 0.1) is 11.8 Å². The van der Waals surface area contributed by atoms with Crippen molar-refractivity contribution >= 4 is 38.9 Å². The van der Waals surface area contributed by atoms with E-state index in [1.807, 2.05) is 11.4 Å². The van der Waals surface area contributed by atoms with Gasteiger partial charge in [0.2, 0.25) is 0 Å². The average Bonchev–Trinajstić information content (AvgIpc) is 2.37. The Bertz CT molecular complexity index is 282. The Kier molecular flexibility index (Phi) is 3.99. The molecule has 0 N–H and O–H groups in total. The van der Waals surface area contributed by atoms with Crippen LogP contribution in [0.3, 0.4) is 0 Å². The lowest BCUT2D eigenvalue weighted by molar-refractivity contribution is 1.32. The molecule has 0 fully saturated rings. The van der Waals surface area contributed by atoms with Crippen LogP contribution in [0.5, 0.6) is 0 Å². The normalized spacial score (nSPS) is 8.91. The quantitative estimate of drug-likeness (QED) is 0.527. The molecular weight excluding hydrogens is 244 g/mol. The van der Waals surface area contributed by atoms with Crippen molar-refractivity contribution in [3.8, 4) is 11.8 Å². The zero-order valence-electron chi connectivity index (χ0n) is 5.73. The van der Waals surface area contributed by atoms with E-state index in [2.05, 4.69) is 27.8 Å². The number of thiophene rings is 1. The minimum Gasteiger partial charge on any atom is -0.131 e. The Hall–Kier alpha value is 0.0300. The smallest absolute Gasteiger partial charge is 0.108 e. The lowest BCUT2D eigenvalue weighted by Crippen LogP contribution is -1.69. The highest BCUT2D eigenvalue weighted by Crippen LogP contribution is 2.21. The molecule has 1 aromatic rings. The Morgan fingerprint density at radius 3 is 3.00 bits per heavy atom. The molecule has 0 aliphatic rings. The summed E-state index contributed by atoms with van der Waals surface area (Å²) in [5.41, 5.74) is 0.942. The molecule has 58 valence electrons. The Labute approximate surface area is 83.7 Å². The zero-order valence-corrected chi connectivity index (χ0v) is 8.89. The van der Waals surface area contributed by atoms with Gasteiger partial charge in [0.1, 0.15) is 4.34 Å². The molecule has 0 nitrogen and oxygen atoms in total. The Balaban J connectivity index is 2.65. The molecule has 0 saturated heterocycles. The highest BCUT2D eigenvalue weighted by Gasteiger charge is 1.94. The fourth-order valence-electron chi connectivity index (χ4n) is 0.587. The van der Waals surface area contributed by atoms with E-state index in [9.17, 15) is 0 Å². The van der Waals surface area contributed by atoms with Gasteiger partial charge < -0.3 is 0 Å². The SMILES string of the molecule is Clc1sccc1C#CCCBr. The maximum Gasteiger partial charge on any atom is 0.108 e. The molecule has 11 heavy (non-hydrogen) atoms. The average molecular weight is 250 g/mol. The highest BCUT2D eigenvalue weighted by molar-refractivity contribution is 9.09. The first kappa shape index (κ1) is 9.12. The molecule has 0 bridgehead atoms. The van der Waals surface area contributed by atoms with Crippen LogP contribution in [0.4, 0.5) is 0 Å².